The number of aliphatic hydroxyl groups is 1. The summed E-state index contributed by atoms with van der Waals surface area (Å²) in [6.07, 6.45) is 7.52. The Morgan fingerprint density at radius 3 is 2.64 bits per heavy atom. The fraction of sp³-hybridized carbons (Fsp3) is 0.750. The molecule has 1 saturated heterocycles. The number of piperidine rings is 1. The van der Waals surface area contributed by atoms with Crippen molar-refractivity contribution in [3.63, 3.8) is 0 Å². The van der Waals surface area contributed by atoms with E-state index in [0.717, 1.165) is 63.7 Å². The lowest BCUT2D eigenvalue weighted by Gasteiger charge is -2.58. The second-order valence-electron chi connectivity index (χ2n) is 12.3. The van der Waals surface area contributed by atoms with E-state index < -0.39 is 11.6 Å². The molecule has 4 aliphatic carbocycles. The Bertz CT molecular complexity index is 966. The Morgan fingerprint density at radius 2 is 1.97 bits per heavy atom. The van der Waals surface area contributed by atoms with Crippen molar-refractivity contribution in [2.45, 2.75) is 83.3 Å². The largest absolute Gasteiger partial charge is 0.481 e. The van der Waals surface area contributed by atoms with Gasteiger partial charge in [-0.1, -0.05) is 13.8 Å². The van der Waals surface area contributed by atoms with E-state index in [1.807, 2.05) is 12.1 Å². The number of hydrogen-bond acceptors (Lipinski definition) is 6. The van der Waals surface area contributed by atoms with Gasteiger partial charge in [-0.25, -0.2) is 0 Å². The molecule has 198 valence electrons. The van der Waals surface area contributed by atoms with Crippen molar-refractivity contribution in [3.05, 3.63) is 17.7 Å². The predicted octanol–water partition coefficient (Wildman–Crippen LogP) is 3.87. The summed E-state index contributed by atoms with van der Waals surface area (Å²) in [5.74, 6) is 2.00. The zero-order valence-electron chi connectivity index (χ0n) is 21.6. The Morgan fingerprint density at radius 1 is 1.22 bits per heavy atom. The maximum atomic E-state index is 13.5. The van der Waals surface area contributed by atoms with Crippen LogP contribution in [0, 0.1) is 29.6 Å². The third kappa shape index (κ3) is 5.48. The summed E-state index contributed by atoms with van der Waals surface area (Å²) in [6, 6.07) is 3.77. The van der Waals surface area contributed by atoms with Crippen molar-refractivity contribution < 1.29 is 24.5 Å². The summed E-state index contributed by atoms with van der Waals surface area (Å²) < 4.78 is 6.08. The Labute approximate surface area is 213 Å². The first kappa shape index (κ1) is 25.3. The van der Waals surface area contributed by atoms with Crippen molar-refractivity contribution >= 4 is 17.7 Å². The maximum Gasteiger partial charge on any atom is 0.303 e. The highest BCUT2D eigenvalue weighted by atomic mass is 16.5. The van der Waals surface area contributed by atoms with Crippen molar-refractivity contribution in [2.24, 2.45) is 29.6 Å². The molecule has 3 atom stereocenters. The number of nitrogens with one attached hydrogen (secondary N) is 1. The molecule has 2 unspecified atom stereocenters. The molecule has 4 saturated carbocycles. The van der Waals surface area contributed by atoms with Gasteiger partial charge in [0.05, 0.1) is 12.2 Å². The summed E-state index contributed by atoms with van der Waals surface area (Å²) in [5.41, 5.74) is -0.0759. The zero-order chi connectivity index (χ0) is 25.4. The topological polar surface area (TPSA) is 112 Å². The molecule has 8 nitrogen and oxygen atoms in total. The molecule has 2 heterocycles. The normalized spacial score (nSPS) is 33.1. The van der Waals surface area contributed by atoms with Crippen LogP contribution in [0.4, 0.5) is 5.82 Å². The molecule has 0 radical (unpaired) electrons. The fourth-order valence-corrected chi connectivity index (χ4v) is 7.41. The molecule has 3 N–H and O–H groups in total. The Balaban J connectivity index is 1.32. The highest BCUT2D eigenvalue weighted by molar-refractivity contribution is 5.97. The summed E-state index contributed by atoms with van der Waals surface area (Å²) in [7, 11) is 0. The van der Waals surface area contributed by atoms with Crippen LogP contribution < -0.4 is 15.0 Å². The number of aliphatic carboxylic acids is 1. The minimum Gasteiger partial charge on any atom is -0.481 e. The number of pyridine rings is 1. The minimum absolute atomic E-state index is 0.0939. The van der Waals surface area contributed by atoms with E-state index in [2.05, 4.69) is 24.1 Å². The third-order valence-corrected chi connectivity index (χ3v) is 8.87. The van der Waals surface area contributed by atoms with E-state index in [0.29, 0.717) is 48.3 Å². The number of hydrogen-bond donors (Lipinski definition) is 3. The molecule has 1 aromatic rings. The lowest BCUT2D eigenvalue weighted by molar-refractivity contribution is -0.138. The average molecular weight is 500 g/mol. The molecule has 1 aliphatic heterocycles. The van der Waals surface area contributed by atoms with Crippen LogP contribution in [0.15, 0.2) is 12.1 Å². The first-order valence-electron chi connectivity index (χ1n) is 13.8. The summed E-state index contributed by atoms with van der Waals surface area (Å²) in [5, 5.41) is 23.4. The number of carbonyl (C=O) groups excluding carboxylic acids is 1. The molecule has 0 spiro atoms. The summed E-state index contributed by atoms with van der Waals surface area (Å²) in [4.78, 5) is 31.6. The number of carboxylic acids is 1. The SMILES string of the molecule is CC(C)CCOc1nc(N2CCC[C@@H](CC(=O)O)C2)ccc1C(=O)NC1C2CC3CC1CC(O)(C3)C2. The molecule has 6 rings (SSSR count). The molecule has 0 aromatic carbocycles. The van der Waals surface area contributed by atoms with Gasteiger partial charge in [0.25, 0.3) is 5.91 Å². The monoisotopic (exact) mass is 499 g/mol. The van der Waals surface area contributed by atoms with Crippen molar-refractivity contribution in [1.82, 2.24) is 10.3 Å². The smallest absolute Gasteiger partial charge is 0.303 e. The van der Waals surface area contributed by atoms with E-state index >= 15 is 0 Å². The number of anilines is 1. The van der Waals surface area contributed by atoms with Crippen LogP contribution >= 0.6 is 0 Å². The van der Waals surface area contributed by atoms with Crippen LogP contribution in [0.5, 0.6) is 5.88 Å². The van der Waals surface area contributed by atoms with Gasteiger partial charge in [-0.05, 0) is 93.1 Å². The van der Waals surface area contributed by atoms with Gasteiger partial charge in [0, 0.05) is 25.6 Å². The molecular formula is C28H41N3O5. The molecule has 1 aromatic heterocycles. The van der Waals surface area contributed by atoms with Gasteiger partial charge < -0.3 is 25.2 Å². The minimum atomic E-state index is -0.767. The second kappa shape index (κ2) is 10.2. The van der Waals surface area contributed by atoms with Gasteiger partial charge in [0.15, 0.2) is 0 Å². The first-order valence-corrected chi connectivity index (χ1v) is 13.8. The van der Waals surface area contributed by atoms with E-state index in [1.54, 1.807) is 0 Å². The molecule has 8 heteroatoms. The van der Waals surface area contributed by atoms with Crippen LogP contribution in [0.3, 0.4) is 0 Å². The number of nitrogens with zero attached hydrogens (tertiary/aromatic N) is 2. The van der Waals surface area contributed by atoms with Crippen LogP contribution in [0.2, 0.25) is 0 Å². The Hall–Kier alpha value is -2.35. The van der Waals surface area contributed by atoms with Crippen LogP contribution in [0.25, 0.3) is 0 Å². The van der Waals surface area contributed by atoms with Gasteiger partial charge >= 0.3 is 5.97 Å². The van der Waals surface area contributed by atoms with Gasteiger partial charge in [0.1, 0.15) is 11.4 Å². The van der Waals surface area contributed by atoms with Gasteiger partial charge in [-0.15, -0.1) is 0 Å². The van der Waals surface area contributed by atoms with E-state index in [1.165, 1.54) is 0 Å². The van der Waals surface area contributed by atoms with E-state index in [4.69, 9.17) is 9.72 Å². The van der Waals surface area contributed by atoms with Crippen molar-refractivity contribution in [2.75, 3.05) is 24.6 Å². The number of carboxylic acid groups (broad SMARTS) is 1. The average Bonchev–Trinajstić information content (AvgIpc) is 2.79. The number of ether oxygens (including phenoxy) is 1. The number of carbonyl (C=O) groups is 2. The summed E-state index contributed by atoms with van der Waals surface area (Å²) >= 11 is 0. The van der Waals surface area contributed by atoms with Crippen molar-refractivity contribution in [1.29, 1.82) is 0 Å². The van der Waals surface area contributed by atoms with Crippen LogP contribution in [0.1, 0.15) is 82.0 Å². The van der Waals surface area contributed by atoms with Crippen molar-refractivity contribution in [3.8, 4) is 5.88 Å². The molecule has 1 amide bonds. The standard InChI is InChI=1S/C28H41N3O5/c1-17(2)7-9-36-27-22(5-6-23(29-27)31-8-3-4-18(16-31)12-24(32)33)26(34)30-25-20-10-19-11-21(25)15-28(35,13-19)14-20/h5-6,17-21,25,35H,3-4,7-16H2,1-2H3,(H,30,34)(H,32,33)/t18-,19?,20?,21?,25?,28?/m0/s1. The molecule has 5 fully saturated rings. The highest BCUT2D eigenvalue weighted by Gasteiger charge is 2.55. The lowest BCUT2D eigenvalue weighted by Crippen LogP contribution is -2.61. The Kier molecular flexibility index (Phi) is 7.16. The van der Waals surface area contributed by atoms with Gasteiger partial charge in [0.2, 0.25) is 5.88 Å². The number of aromatic nitrogens is 1. The van der Waals surface area contributed by atoms with Gasteiger partial charge in [-0.2, -0.15) is 4.98 Å². The maximum absolute atomic E-state index is 13.5. The van der Waals surface area contributed by atoms with E-state index in [9.17, 15) is 19.8 Å². The third-order valence-electron chi connectivity index (χ3n) is 8.87. The quantitative estimate of drug-likeness (QED) is 0.473. The number of amides is 1. The first-order chi connectivity index (χ1) is 17.2. The van der Waals surface area contributed by atoms with Gasteiger partial charge in [-0.3, -0.25) is 9.59 Å². The molecular weight excluding hydrogens is 458 g/mol. The zero-order valence-corrected chi connectivity index (χ0v) is 21.6. The summed E-state index contributed by atoms with van der Waals surface area (Å²) in [6.45, 7) is 6.22. The molecule has 36 heavy (non-hydrogen) atoms. The number of rotatable bonds is 9. The fourth-order valence-electron chi connectivity index (χ4n) is 7.41. The lowest BCUT2D eigenvalue weighted by atomic mass is 9.52. The predicted molar refractivity (Wildman–Crippen MR) is 136 cm³/mol. The molecule has 4 bridgehead atoms. The second-order valence-corrected chi connectivity index (χ2v) is 12.3. The van der Waals surface area contributed by atoms with Crippen LogP contribution in [-0.2, 0) is 4.79 Å². The van der Waals surface area contributed by atoms with Crippen LogP contribution in [-0.4, -0.2) is 58.4 Å². The molecule has 5 aliphatic rings. The highest BCUT2D eigenvalue weighted by Crippen LogP contribution is 2.55. The van der Waals surface area contributed by atoms with E-state index in [-0.39, 0.29) is 24.3 Å².